The number of alkyl carbamates (subject to hydrolysis) is 1. The van der Waals surface area contributed by atoms with Crippen molar-refractivity contribution in [3.8, 4) is 6.07 Å². The number of carbonyl (C=O) groups excluding carboxylic acids is 1. The first-order valence-electron chi connectivity index (χ1n) is 9.48. The van der Waals surface area contributed by atoms with Gasteiger partial charge >= 0.3 is 6.09 Å². The molecule has 0 unspecified atom stereocenters. The molecule has 0 aromatic rings. The van der Waals surface area contributed by atoms with Gasteiger partial charge < -0.3 is 19.4 Å². The van der Waals surface area contributed by atoms with E-state index < -0.39 is 13.9 Å². The second-order valence-corrected chi connectivity index (χ2v) is 14.0. The highest BCUT2D eigenvalue weighted by Gasteiger charge is 2.36. The van der Waals surface area contributed by atoms with Crippen LogP contribution in [0.2, 0.25) is 18.1 Å². The Kier molecular flexibility index (Phi) is 10.4. The molecule has 1 amide bonds. The Morgan fingerprint density at radius 3 is 2.23 bits per heavy atom. The molecule has 1 N–H and O–H groups in total. The Labute approximate surface area is 161 Å². The van der Waals surface area contributed by atoms with Crippen LogP contribution in [0, 0.1) is 11.3 Å². The SMILES string of the molecule is CC(C)(C)OC(=O)NCCCN(CCC#N)CCO[Si](C)(C)C(C)(C)C. The molecule has 6 nitrogen and oxygen atoms in total. The molecule has 0 fully saturated rings. The number of nitriles is 1. The minimum atomic E-state index is -1.74. The summed E-state index contributed by atoms with van der Waals surface area (Å²) >= 11 is 0. The molecule has 0 saturated carbocycles. The minimum absolute atomic E-state index is 0.196. The molecule has 0 aliphatic carbocycles. The third-order valence-electron chi connectivity index (χ3n) is 4.54. The lowest BCUT2D eigenvalue weighted by atomic mass is 10.2. The van der Waals surface area contributed by atoms with E-state index in [1.54, 1.807) is 0 Å². The topological polar surface area (TPSA) is 74.6 Å². The molecular formula is C19H39N3O3Si. The van der Waals surface area contributed by atoms with Gasteiger partial charge in [-0.3, -0.25) is 0 Å². The van der Waals surface area contributed by atoms with Crippen LogP contribution in [0.25, 0.3) is 0 Å². The molecule has 0 aromatic heterocycles. The zero-order chi connectivity index (χ0) is 20.4. The predicted molar refractivity (Wildman–Crippen MR) is 109 cm³/mol. The number of rotatable bonds is 10. The molecule has 0 radical (unpaired) electrons. The summed E-state index contributed by atoms with van der Waals surface area (Å²) in [5, 5.41) is 11.8. The predicted octanol–water partition coefficient (Wildman–Crippen LogP) is 4.14. The van der Waals surface area contributed by atoms with Gasteiger partial charge in [-0.15, -0.1) is 0 Å². The fraction of sp³-hybridized carbons (Fsp3) is 0.895. The Bertz CT molecular complexity index is 462. The van der Waals surface area contributed by atoms with Gasteiger partial charge in [0.2, 0.25) is 0 Å². The summed E-state index contributed by atoms with van der Waals surface area (Å²) in [4.78, 5) is 13.9. The minimum Gasteiger partial charge on any atom is -0.444 e. The van der Waals surface area contributed by atoms with E-state index in [2.05, 4.69) is 50.2 Å². The van der Waals surface area contributed by atoms with E-state index in [4.69, 9.17) is 14.4 Å². The van der Waals surface area contributed by atoms with Crippen molar-refractivity contribution in [1.29, 1.82) is 5.26 Å². The number of amides is 1. The molecule has 152 valence electrons. The number of hydrogen-bond acceptors (Lipinski definition) is 5. The van der Waals surface area contributed by atoms with Gasteiger partial charge in [0.1, 0.15) is 5.60 Å². The fourth-order valence-electron chi connectivity index (χ4n) is 2.00. The second kappa shape index (κ2) is 10.9. The normalized spacial score (nSPS) is 12.8. The first-order valence-corrected chi connectivity index (χ1v) is 12.4. The summed E-state index contributed by atoms with van der Waals surface area (Å²) in [6.45, 7) is 20.3. The monoisotopic (exact) mass is 385 g/mol. The summed E-state index contributed by atoms with van der Waals surface area (Å²) in [5.74, 6) is 0. The van der Waals surface area contributed by atoms with Crippen molar-refractivity contribution in [1.82, 2.24) is 10.2 Å². The Morgan fingerprint density at radius 1 is 1.12 bits per heavy atom. The lowest BCUT2D eigenvalue weighted by molar-refractivity contribution is 0.0525. The largest absolute Gasteiger partial charge is 0.444 e. The quantitative estimate of drug-likeness (QED) is 0.452. The lowest BCUT2D eigenvalue weighted by Crippen LogP contribution is -2.43. The van der Waals surface area contributed by atoms with Crippen LogP contribution in [0.15, 0.2) is 0 Å². The van der Waals surface area contributed by atoms with Gasteiger partial charge in [0.15, 0.2) is 8.32 Å². The first-order chi connectivity index (χ1) is 11.8. The summed E-state index contributed by atoms with van der Waals surface area (Å²) in [5.41, 5.74) is -0.482. The van der Waals surface area contributed by atoms with Gasteiger partial charge in [-0.1, -0.05) is 20.8 Å². The van der Waals surface area contributed by atoms with Crippen LogP contribution in [-0.2, 0) is 9.16 Å². The molecular weight excluding hydrogens is 346 g/mol. The fourth-order valence-corrected chi connectivity index (χ4v) is 3.03. The molecule has 0 spiro atoms. The van der Waals surface area contributed by atoms with Crippen molar-refractivity contribution in [2.24, 2.45) is 0 Å². The molecule has 0 aliphatic rings. The zero-order valence-corrected chi connectivity index (χ0v) is 19.1. The maximum atomic E-state index is 11.6. The van der Waals surface area contributed by atoms with E-state index in [-0.39, 0.29) is 11.1 Å². The van der Waals surface area contributed by atoms with Gasteiger partial charge in [-0.25, -0.2) is 4.79 Å². The van der Waals surface area contributed by atoms with Crippen LogP contribution in [0.4, 0.5) is 4.79 Å². The third-order valence-corrected chi connectivity index (χ3v) is 9.07. The van der Waals surface area contributed by atoms with Crippen LogP contribution < -0.4 is 5.32 Å². The number of hydrogen-bond donors (Lipinski definition) is 1. The smallest absolute Gasteiger partial charge is 0.407 e. The van der Waals surface area contributed by atoms with Crippen molar-refractivity contribution in [3.63, 3.8) is 0 Å². The van der Waals surface area contributed by atoms with Crippen LogP contribution in [0.3, 0.4) is 0 Å². The maximum absolute atomic E-state index is 11.6. The van der Waals surface area contributed by atoms with Crippen molar-refractivity contribution >= 4 is 14.4 Å². The molecule has 7 heteroatoms. The number of carbonyl (C=O) groups is 1. The molecule has 0 bridgehead atoms. The van der Waals surface area contributed by atoms with E-state index in [9.17, 15) is 4.79 Å². The molecule has 0 aromatic carbocycles. The van der Waals surface area contributed by atoms with E-state index in [0.717, 1.165) is 26.1 Å². The van der Waals surface area contributed by atoms with E-state index >= 15 is 0 Å². The number of nitrogens with one attached hydrogen (secondary N) is 1. The van der Waals surface area contributed by atoms with Gasteiger partial charge in [-0.2, -0.15) is 5.26 Å². The van der Waals surface area contributed by atoms with Crippen LogP contribution >= 0.6 is 0 Å². The zero-order valence-electron chi connectivity index (χ0n) is 18.1. The highest BCUT2D eigenvalue weighted by molar-refractivity contribution is 6.74. The van der Waals surface area contributed by atoms with Crippen molar-refractivity contribution < 1.29 is 14.0 Å². The summed E-state index contributed by atoms with van der Waals surface area (Å²) in [7, 11) is -1.74. The molecule has 26 heavy (non-hydrogen) atoms. The summed E-state index contributed by atoms with van der Waals surface area (Å²) < 4.78 is 11.5. The summed E-state index contributed by atoms with van der Waals surface area (Å²) in [6, 6.07) is 2.20. The van der Waals surface area contributed by atoms with E-state index in [1.165, 1.54) is 0 Å². The Balaban J connectivity index is 4.25. The molecule has 0 atom stereocenters. The lowest BCUT2D eigenvalue weighted by Gasteiger charge is -2.36. The number of nitrogens with zero attached hydrogens (tertiary/aromatic N) is 2. The number of ether oxygens (including phenoxy) is 1. The van der Waals surface area contributed by atoms with Crippen molar-refractivity contribution in [3.05, 3.63) is 0 Å². The first kappa shape index (κ1) is 24.9. The van der Waals surface area contributed by atoms with Gasteiger partial charge in [0, 0.05) is 32.7 Å². The van der Waals surface area contributed by atoms with Gasteiger partial charge in [-0.05, 0) is 51.9 Å². The van der Waals surface area contributed by atoms with Crippen LogP contribution in [0.1, 0.15) is 54.4 Å². The van der Waals surface area contributed by atoms with Crippen LogP contribution in [0.5, 0.6) is 0 Å². The second-order valence-electron chi connectivity index (χ2n) is 9.14. The standard InChI is InChI=1S/C19H39N3O3Si/c1-18(2,3)25-17(23)21-12-10-14-22(13-9-11-20)15-16-24-26(7,8)19(4,5)6/h9-10,12-16H2,1-8H3,(H,21,23). The molecule has 0 aliphatic heterocycles. The van der Waals surface area contributed by atoms with Crippen LogP contribution in [-0.4, -0.2) is 57.7 Å². The van der Waals surface area contributed by atoms with Gasteiger partial charge in [0.25, 0.3) is 0 Å². The van der Waals surface area contributed by atoms with Crippen molar-refractivity contribution in [2.75, 3.05) is 32.8 Å². The molecule has 0 saturated heterocycles. The highest BCUT2D eigenvalue weighted by Crippen LogP contribution is 2.36. The highest BCUT2D eigenvalue weighted by atomic mass is 28.4. The third kappa shape index (κ3) is 11.5. The van der Waals surface area contributed by atoms with Crippen molar-refractivity contribution in [2.45, 2.75) is 78.1 Å². The average Bonchev–Trinajstić information content (AvgIpc) is 2.45. The summed E-state index contributed by atoms with van der Waals surface area (Å²) in [6.07, 6.45) is 0.923. The average molecular weight is 386 g/mol. The Morgan fingerprint density at radius 2 is 1.73 bits per heavy atom. The Hall–Kier alpha value is -1.10. The maximum Gasteiger partial charge on any atom is 0.407 e. The van der Waals surface area contributed by atoms with E-state index in [1.807, 2.05) is 20.8 Å². The molecule has 0 heterocycles. The van der Waals surface area contributed by atoms with Gasteiger partial charge in [0.05, 0.1) is 6.07 Å². The molecule has 0 rings (SSSR count). The van der Waals surface area contributed by atoms with E-state index in [0.29, 0.717) is 19.6 Å².